The van der Waals surface area contributed by atoms with Crippen molar-refractivity contribution in [2.24, 2.45) is 0 Å². The van der Waals surface area contributed by atoms with E-state index in [0.29, 0.717) is 0 Å². The van der Waals surface area contributed by atoms with Crippen LogP contribution < -0.4 is 5.32 Å². The summed E-state index contributed by atoms with van der Waals surface area (Å²) in [6, 6.07) is 4.71. The summed E-state index contributed by atoms with van der Waals surface area (Å²) in [6.45, 7) is 9.59. The lowest BCUT2D eigenvalue weighted by atomic mass is 9.99. The quantitative estimate of drug-likeness (QED) is 0.798. The van der Waals surface area contributed by atoms with Crippen LogP contribution in [0.1, 0.15) is 29.2 Å². The molecule has 1 aromatic carbocycles. The third-order valence-electron chi connectivity index (χ3n) is 3.11. The van der Waals surface area contributed by atoms with Crippen molar-refractivity contribution in [2.45, 2.75) is 40.2 Å². The van der Waals surface area contributed by atoms with Crippen molar-refractivity contribution in [3.8, 4) is 0 Å². The van der Waals surface area contributed by atoms with Gasteiger partial charge >= 0.3 is 0 Å². The lowest BCUT2D eigenvalue weighted by Crippen LogP contribution is -2.31. The predicted molar refractivity (Wildman–Crippen MR) is 68.9 cm³/mol. The Bertz CT molecular complexity index is 347. The first-order chi connectivity index (χ1) is 7.54. The van der Waals surface area contributed by atoms with Gasteiger partial charge in [-0.05, 0) is 62.9 Å². The molecule has 0 aliphatic carbocycles. The Morgan fingerprint density at radius 3 is 2.38 bits per heavy atom. The minimum atomic E-state index is 0.187. The molecule has 0 aliphatic rings. The molecule has 0 aliphatic heterocycles. The monoisotopic (exact) mass is 221 g/mol. The number of aryl methyl sites for hydroxylation is 3. The van der Waals surface area contributed by atoms with E-state index in [1.807, 2.05) is 6.92 Å². The van der Waals surface area contributed by atoms with Crippen LogP contribution in [0.3, 0.4) is 0 Å². The van der Waals surface area contributed by atoms with Crippen LogP contribution in [0.15, 0.2) is 12.1 Å². The molecule has 1 atom stereocenters. The van der Waals surface area contributed by atoms with Gasteiger partial charge in [0.2, 0.25) is 0 Å². The van der Waals surface area contributed by atoms with Gasteiger partial charge in [-0.25, -0.2) is 0 Å². The van der Waals surface area contributed by atoms with E-state index in [0.717, 1.165) is 13.0 Å². The van der Waals surface area contributed by atoms with Gasteiger partial charge in [0.05, 0.1) is 6.61 Å². The minimum absolute atomic E-state index is 0.187. The average Bonchev–Trinajstić information content (AvgIpc) is 2.25. The number of nitrogens with one attached hydrogen (secondary N) is 1. The summed E-state index contributed by atoms with van der Waals surface area (Å²) >= 11 is 0. The molecule has 0 bridgehead atoms. The van der Waals surface area contributed by atoms with Gasteiger partial charge in [-0.1, -0.05) is 12.1 Å². The van der Waals surface area contributed by atoms with Gasteiger partial charge in [0.15, 0.2) is 0 Å². The summed E-state index contributed by atoms with van der Waals surface area (Å²) in [5.74, 6) is 0. The normalized spacial score (nSPS) is 12.8. The van der Waals surface area contributed by atoms with E-state index in [-0.39, 0.29) is 12.6 Å². The molecule has 90 valence electrons. The highest BCUT2D eigenvalue weighted by atomic mass is 16.3. The third-order valence-corrected chi connectivity index (χ3v) is 3.11. The van der Waals surface area contributed by atoms with Crippen LogP contribution in [0, 0.1) is 20.8 Å². The highest BCUT2D eigenvalue weighted by Crippen LogP contribution is 2.15. The van der Waals surface area contributed by atoms with Crippen molar-refractivity contribution in [2.75, 3.05) is 13.2 Å². The zero-order chi connectivity index (χ0) is 12.1. The van der Waals surface area contributed by atoms with Crippen LogP contribution in [0.2, 0.25) is 0 Å². The van der Waals surface area contributed by atoms with Gasteiger partial charge in [-0.2, -0.15) is 0 Å². The number of rotatable bonds is 5. The Labute approximate surface area is 98.7 Å². The molecule has 0 spiro atoms. The maximum absolute atomic E-state index is 8.90. The SMILES string of the molecule is Cc1cc(C)c(CCNC(C)CO)cc1C. The van der Waals surface area contributed by atoms with Crippen LogP contribution in [0.25, 0.3) is 0 Å². The zero-order valence-electron chi connectivity index (χ0n) is 10.8. The van der Waals surface area contributed by atoms with Crippen LogP contribution >= 0.6 is 0 Å². The summed E-state index contributed by atoms with van der Waals surface area (Å²) in [5, 5.41) is 12.2. The van der Waals surface area contributed by atoms with E-state index in [1.165, 1.54) is 22.3 Å². The lowest BCUT2D eigenvalue weighted by molar-refractivity contribution is 0.252. The Kier molecular flexibility index (Phi) is 4.97. The van der Waals surface area contributed by atoms with E-state index in [1.54, 1.807) is 0 Å². The minimum Gasteiger partial charge on any atom is -0.395 e. The molecular formula is C14H23NO. The molecule has 2 nitrogen and oxygen atoms in total. The standard InChI is InChI=1S/C14H23NO/c1-10-7-12(3)14(8-11(10)2)5-6-15-13(4)9-16/h7-8,13,15-16H,5-6,9H2,1-4H3. The highest BCUT2D eigenvalue weighted by molar-refractivity contribution is 5.36. The molecule has 1 rings (SSSR count). The third kappa shape index (κ3) is 3.62. The Morgan fingerprint density at radius 1 is 1.12 bits per heavy atom. The number of aliphatic hydroxyl groups is 1. The van der Waals surface area contributed by atoms with Crippen LogP contribution in [-0.2, 0) is 6.42 Å². The van der Waals surface area contributed by atoms with E-state index < -0.39 is 0 Å². The van der Waals surface area contributed by atoms with Crippen LogP contribution in [-0.4, -0.2) is 24.3 Å². The maximum atomic E-state index is 8.90. The molecule has 0 saturated carbocycles. The first kappa shape index (κ1) is 13.2. The number of aliphatic hydroxyl groups excluding tert-OH is 1. The molecule has 0 heterocycles. The fraction of sp³-hybridized carbons (Fsp3) is 0.571. The molecule has 1 unspecified atom stereocenters. The Hall–Kier alpha value is -0.860. The summed E-state index contributed by atoms with van der Waals surface area (Å²) in [5.41, 5.74) is 5.48. The summed E-state index contributed by atoms with van der Waals surface area (Å²) < 4.78 is 0. The summed E-state index contributed by atoms with van der Waals surface area (Å²) in [4.78, 5) is 0. The van der Waals surface area contributed by atoms with Crippen molar-refractivity contribution in [3.05, 3.63) is 34.4 Å². The lowest BCUT2D eigenvalue weighted by Gasteiger charge is -2.13. The largest absolute Gasteiger partial charge is 0.395 e. The number of hydrogen-bond acceptors (Lipinski definition) is 2. The molecule has 0 aromatic heterocycles. The van der Waals surface area contributed by atoms with Gasteiger partial charge in [0, 0.05) is 6.04 Å². The van der Waals surface area contributed by atoms with Crippen molar-refractivity contribution < 1.29 is 5.11 Å². The Balaban J connectivity index is 2.57. The number of benzene rings is 1. The van der Waals surface area contributed by atoms with E-state index in [9.17, 15) is 0 Å². The Morgan fingerprint density at radius 2 is 1.75 bits per heavy atom. The van der Waals surface area contributed by atoms with Crippen molar-refractivity contribution >= 4 is 0 Å². The van der Waals surface area contributed by atoms with Crippen molar-refractivity contribution in [1.29, 1.82) is 0 Å². The van der Waals surface area contributed by atoms with Gasteiger partial charge in [0.1, 0.15) is 0 Å². The summed E-state index contributed by atoms with van der Waals surface area (Å²) in [7, 11) is 0. The van der Waals surface area contributed by atoms with Gasteiger partial charge in [-0.15, -0.1) is 0 Å². The summed E-state index contributed by atoms with van der Waals surface area (Å²) in [6.07, 6.45) is 1.03. The predicted octanol–water partition coefficient (Wildman–Crippen LogP) is 2.12. The first-order valence-electron chi connectivity index (χ1n) is 5.95. The van der Waals surface area contributed by atoms with Gasteiger partial charge in [-0.3, -0.25) is 0 Å². The molecule has 0 amide bonds. The van der Waals surface area contributed by atoms with Crippen LogP contribution in [0.5, 0.6) is 0 Å². The molecule has 1 aromatic rings. The molecule has 2 N–H and O–H groups in total. The average molecular weight is 221 g/mol. The van der Waals surface area contributed by atoms with E-state index in [4.69, 9.17) is 5.11 Å². The smallest absolute Gasteiger partial charge is 0.0581 e. The molecule has 2 heteroatoms. The van der Waals surface area contributed by atoms with E-state index >= 15 is 0 Å². The molecule has 0 fully saturated rings. The highest BCUT2D eigenvalue weighted by Gasteiger charge is 2.03. The fourth-order valence-corrected chi connectivity index (χ4v) is 1.81. The second kappa shape index (κ2) is 6.02. The van der Waals surface area contributed by atoms with Crippen molar-refractivity contribution in [3.63, 3.8) is 0 Å². The maximum Gasteiger partial charge on any atom is 0.0581 e. The fourth-order valence-electron chi connectivity index (χ4n) is 1.81. The second-order valence-corrected chi connectivity index (χ2v) is 4.65. The molecule has 0 radical (unpaired) electrons. The van der Waals surface area contributed by atoms with E-state index in [2.05, 4.69) is 38.2 Å². The molecule has 0 saturated heterocycles. The molecular weight excluding hydrogens is 198 g/mol. The van der Waals surface area contributed by atoms with Gasteiger partial charge in [0.25, 0.3) is 0 Å². The topological polar surface area (TPSA) is 32.3 Å². The first-order valence-corrected chi connectivity index (χ1v) is 5.95. The second-order valence-electron chi connectivity index (χ2n) is 4.65. The van der Waals surface area contributed by atoms with Gasteiger partial charge < -0.3 is 10.4 Å². The van der Waals surface area contributed by atoms with Crippen molar-refractivity contribution in [1.82, 2.24) is 5.32 Å². The van der Waals surface area contributed by atoms with Crippen LogP contribution in [0.4, 0.5) is 0 Å². The number of hydrogen-bond donors (Lipinski definition) is 2. The molecule has 16 heavy (non-hydrogen) atoms. The zero-order valence-corrected chi connectivity index (χ0v) is 10.8.